The predicted octanol–water partition coefficient (Wildman–Crippen LogP) is 14.9. The highest BCUT2D eigenvalue weighted by atomic mass is 32.1. The minimum Gasteiger partial charge on any atom is -0.208 e. The first-order valence-electron chi connectivity index (χ1n) is 21.0. The molecule has 0 bridgehead atoms. The molecule has 12 rings (SSSR count). The zero-order valence-electron chi connectivity index (χ0n) is 33.6. The second kappa shape index (κ2) is 14.7. The summed E-state index contributed by atoms with van der Waals surface area (Å²) in [5.74, 6) is 1.90. The number of hydrogen-bond acceptors (Lipinski definition) is 4. The molecule has 0 aliphatic heterocycles. The minimum atomic E-state index is -0.537. The number of aromatic nitrogens is 3. The maximum Gasteiger partial charge on any atom is 0.164 e. The van der Waals surface area contributed by atoms with Crippen LogP contribution in [0.3, 0.4) is 0 Å². The van der Waals surface area contributed by atoms with Crippen molar-refractivity contribution < 1.29 is 0 Å². The van der Waals surface area contributed by atoms with Crippen LogP contribution in [0.5, 0.6) is 0 Å². The molecule has 4 heteroatoms. The van der Waals surface area contributed by atoms with E-state index in [-0.39, 0.29) is 0 Å². The molecule has 0 spiro atoms. The van der Waals surface area contributed by atoms with Gasteiger partial charge < -0.3 is 0 Å². The van der Waals surface area contributed by atoms with E-state index in [1.165, 1.54) is 59.1 Å². The molecular weight excluding hydrogens is 771 g/mol. The van der Waals surface area contributed by atoms with Gasteiger partial charge in [-0.15, -0.1) is 11.3 Å². The number of rotatable bonds is 7. The summed E-state index contributed by atoms with van der Waals surface area (Å²) in [5.41, 5.74) is 14.2. The van der Waals surface area contributed by atoms with E-state index in [9.17, 15) is 0 Å². The van der Waals surface area contributed by atoms with Crippen LogP contribution in [0.15, 0.2) is 224 Å². The molecule has 290 valence electrons. The Morgan fingerprint density at radius 3 is 1.45 bits per heavy atom. The topological polar surface area (TPSA) is 38.7 Å². The number of fused-ring (bicyclic) bond motifs is 6. The maximum absolute atomic E-state index is 5.36. The van der Waals surface area contributed by atoms with Crippen molar-refractivity contribution in [1.82, 2.24) is 15.0 Å². The van der Waals surface area contributed by atoms with Crippen LogP contribution >= 0.6 is 11.3 Å². The SMILES string of the molecule is c1ccc(-c2ccc(-c3nc(-c4ccc(-c5ccc6sc7ccccc7c6c5)cc4)nc(-c4cccc5c4-c4ccccc4C5(c4ccccc4)c4ccccc4)n3)cc2)cc1. The van der Waals surface area contributed by atoms with Crippen molar-refractivity contribution in [3.05, 3.63) is 247 Å². The summed E-state index contributed by atoms with van der Waals surface area (Å²) in [5, 5.41) is 2.59. The molecule has 1 aliphatic rings. The molecule has 1 aliphatic carbocycles. The highest BCUT2D eigenvalue weighted by Gasteiger charge is 2.47. The molecule has 0 unspecified atom stereocenters. The summed E-state index contributed by atoms with van der Waals surface area (Å²) in [6.45, 7) is 0. The molecule has 0 saturated heterocycles. The lowest BCUT2D eigenvalue weighted by Crippen LogP contribution is -2.28. The van der Waals surface area contributed by atoms with Crippen molar-refractivity contribution in [3.8, 4) is 67.5 Å². The molecule has 0 radical (unpaired) electrons. The van der Waals surface area contributed by atoms with Crippen molar-refractivity contribution in [2.24, 2.45) is 0 Å². The first-order chi connectivity index (χ1) is 30.7. The van der Waals surface area contributed by atoms with Crippen LogP contribution < -0.4 is 0 Å². The standard InChI is InChI=1S/C58H37N3S/c1-4-15-38(16-5-1)39-27-31-41(32-28-39)55-59-56(42-33-29-40(30-34-42)43-35-36-53-49(37-43)46-21-11-13-26-52(46)62-53)61-57(60-55)48-23-14-25-51-54(48)47-22-10-12-24-50(47)58(51,44-17-6-2-7-18-44)45-19-8-3-9-20-45/h1-37H. The third-order valence-electron chi connectivity index (χ3n) is 12.5. The van der Waals surface area contributed by atoms with Crippen molar-refractivity contribution in [3.63, 3.8) is 0 Å². The molecule has 0 amide bonds. The van der Waals surface area contributed by atoms with Crippen molar-refractivity contribution >= 4 is 31.5 Å². The van der Waals surface area contributed by atoms with E-state index in [1.807, 2.05) is 17.4 Å². The second-order valence-corrected chi connectivity index (χ2v) is 17.0. The average molecular weight is 808 g/mol. The van der Waals surface area contributed by atoms with Gasteiger partial charge in [-0.05, 0) is 73.8 Å². The maximum atomic E-state index is 5.36. The number of hydrogen-bond donors (Lipinski definition) is 0. The highest BCUT2D eigenvalue weighted by molar-refractivity contribution is 7.25. The van der Waals surface area contributed by atoms with Gasteiger partial charge in [0.2, 0.25) is 0 Å². The summed E-state index contributed by atoms with van der Waals surface area (Å²) >= 11 is 1.84. The number of benzene rings is 9. The molecule has 11 aromatic rings. The quantitative estimate of drug-likeness (QED) is 0.161. The molecule has 2 aromatic heterocycles. The van der Waals surface area contributed by atoms with Crippen LogP contribution in [0.25, 0.3) is 87.7 Å². The van der Waals surface area contributed by atoms with E-state index in [2.05, 4.69) is 218 Å². The van der Waals surface area contributed by atoms with Crippen LogP contribution in [0.4, 0.5) is 0 Å². The Hall–Kier alpha value is -7.79. The largest absolute Gasteiger partial charge is 0.208 e. The molecule has 3 nitrogen and oxygen atoms in total. The molecular formula is C58H37N3S. The summed E-state index contributed by atoms with van der Waals surface area (Å²) in [6, 6.07) is 80.4. The summed E-state index contributed by atoms with van der Waals surface area (Å²) in [6.07, 6.45) is 0. The molecule has 9 aromatic carbocycles. The number of nitrogens with zero attached hydrogens (tertiary/aromatic N) is 3. The molecule has 2 heterocycles. The van der Waals surface area contributed by atoms with E-state index >= 15 is 0 Å². The fourth-order valence-electron chi connectivity index (χ4n) is 9.59. The second-order valence-electron chi connectivity index (χ2n) is 15.9. The average Bonchev–Trinajstić information content (AvgIpc) is 3.88. The Kier molecular flexibility index (Phi) is 8.58. The first kappa shape index (κ1) is 36.1. The van der Waals surface area contributed by atoms with Gasteiger partial charge in [-0.25, -0.2) is 15.0 Å². The van der Waals surface area contributed by atoms with Crippen molar-refractivity contribution in [1.29, 1.82) is 0 Å². The fraction of sp³-hybridized carbons (Fsp3) is 0.0172. The normalized spacial score (nSPS) is 12.6. The Morgan fingerprint density at radius 2 is 0.774 bits per heavy atom. The highest BCUT2D eigenvalue weighted by Crippen LogP contribution is 2.58. The van der Waals surface area contributed by atoms with Gasteiger partial charge in [0.05, 0.1) is 5.41 Å². The summed E-state index contributed by atoms with van der Waals surface area (Å²) in [4.78, 5) is 15.9. The Bertz CT molecular complexity index is 3390. The van der Waals surface area contributed by atoms with Crippen LogP contribution in [0.2, 0.25) is 0 Å². The van der Waals surface area contributed by atoms with Crippen LogP contribution in [0, 0.1) is 0 Å². The first-order valence-corrected chi connectivity index (χ1v) is 21.8. The monoisotopic (exact) mass is 807 g/mol. The summed E-state index contributed by atoms with van der Waals surface area (Å²) < 4.78 is 2.61. The zero-order chi connectivity index (χ0) is 41.0. The van der Waals surface area contributed by atoms with Gasteiger partial charge in [-0.1, -0.05) is 206 Å². The number of thiophene rings is 1. The van der Waals surface area contributed by atoms with Gasteiger partial charge in [0, 0.05) is 36.9 Å². The molecule has 0 saturated carbocycles. The van der Waals surface area contributed by atoms with Crippen molar-refractivity contribution in [2.45, 2.75) is 5.41 Å². The van der Waals surface area contributed by atoms with Crippen molar-refractivity contribution in [2.75, 3.05) is 0 Å². The van der Waals surface area contributed by atoms with Crippen LogP contribution in [0.1, 0.15) is 22.3 Å². The Morgan fingerprint density at radius 1 is 0.306 bits per heavy atom. The summed E-state index contributed by atoms with van der Waals surface area (Å²) in [7, 11) is 0. The molecule has 0 atom stereocenters. The van der Waals surface area contributed by atoms with E-state index in [0.29, 0.717) is 17.5 Å². The van der Waals surface area contributed by atoms with E-state index in [4.69, 9.17) is 15.0 Å². The molecule has 0 N–H and O–H groups in total. The molecule has 0 fully saturated rings. The predicted molar refractivity (Wildman–Crippen MR) is 257 cm³/mol. The Balaban J connectivity index is 1.03. The van der Waals surface area contributed by atoms with Crippen LogP contribution in [-0.2, 0) is 5.41 Å². The zero-order valence-corrected chi connectivity index (χ0v) is 34.4. The van der Waals surface area contributed by atoms with Gasteiger partial charge in [0.25, 0.3) is 0 Å². The fourth-order valence-corrected chi connectivity index (χ4v) is 10.7. The van der Waals surface area contributed by atoms with Gasteiger partial charge in [-0.2, -0.15) is 0 Å². The van der Waals surface area contributed by atoms with Gasteiger partial charge in [0.1, 0.15) is 0 Å². The van der Waals surface area contributed by atoms with E-state index in [0.717, 1.165) is 33.4 Å². The Labute approximate surface area is 364 Å². The lowest BCUT2D eigenvalue weighted by Gasteiger charge is -2.33. The smallest absolute Gasteiger partial charge is 0.164 e. The van der Waals surface area contributed by atoms with Gasteiger partial charge in [-0.3, -0.25) is 0 Å². The van der Waals surface area contributed by atoms with Gasteiger partial charge >= 0.3 is 0 Å². The lowest BCUT2D eigenvalue weighted by molar-refractivity contribution is 0.768. The minimum absolute atomic E-state index is 0.537. The van der Waals surface area contributed by atoms with E-state index < -0.39 is 5.41 Å². The van der Waals surface area contributed by atoms with E-state index in [1.54, 1.807) is 0 Å². The third-order valence-corrected chi connectivity index (χ3v) is 13.6. The lowest BCUT2D eigenvalue weighted by atomic mass is 9.67. The van der Waals surface area contributed by atoms with Crippen LogP contribution in [-0.4, -0.2) is 15.0 Å². The van der Waals surface area contributed by atoms with Gasteiger partial charge in [0.15, 0.2) is 17.5 Å². The third kappa shape index (κ3) is 5.83. The molecule has 62 heavy (non-hydrogen) atoms.